The van der Waals surface area contributed by atoms with E-state index in [2.05, 4.69) is 4.74 Å². The zero-order valence-corrected chi connectivity index (χ0v) is 10.8. The van der Waals surface area contributed by atoms with Gasteiger partial charge in [0.2, 0.25) is 0 Å². The first-order valence-electron chi connectivity index (χ1n) is 6.51. The topological polar surface area (TPSA) is 52.3 Å². The Morgan fingerprint density at radius 3 is 2.35 bits per heavy atom. The average Bonchev–Trinajstić information content (AvgIpc) is 2.37. The predicted molar refractivity (Wildman–Crippen MR) is 67.4 cm³/mol. The molecule has 2 N–H and O–H groups in total. The third-order valence-electron chi connectivity index (χ3n) is 3.52. The standard InChI is InChI=1S/C14H16F3NO2/c15-14(16,17)20-12-4-2-1-3-11(12)13(19)9-5-7-10(18)8-6-9/h1-4,9-10H,5-8,18H2. The molecule has 3 nitrogen and oxygen atoms in total. The Balaban J connectivity index is 2.17. The van der Waals surface area contributed by atoms with E-state index in [-0.39, 0.29) is 23.3 Å². The molecule has 0 aliphatic heterocycles. The summed E-state index contributed by atoms with van der Waals surface area (Å²) < 4.78 is 40.9. The van der Waals surface area contributed by atoms with Crippen molar-refractivity contribution >= 4 is 5.78 Å². The number of ketones is 1. The molecule has 0 heterocycles. The lowest BCUT2D eigenvalue weighted by Gasteiger charge is -2.25. The van der Waals surface area contributed by atoms with Gasteiger partial charge in [0.15, 0.2) is 5.78 Å². The van der Waals surface area contributed by atoms with E-state index in [0.29, 0.717) is 12.8 Å². The van der Waals surface area contributed by atoms with E-state index >= 15 is 0 Å². The van der Waals surface area contributed by atoms with Crippen LogP contribution in [0.1, 0.15) is 36.0 Å². The lowest BCUT2D eigenvalue weighted by atomic mass is 9.82. The number of nitrogens with two attached hydrogens (primary N) is 1. The molecule has 0 unspecified atom stereocenters. The van der Waals surface area contributed by atoms with E-state index in [4.69, 9.17) is 5.73 Å². The molecule has 6 heteroatoms. The van der Waals surface area contributed by atoms with Crippen LogP contribution in [0, 0.1) is 5.92 Å². The Kier molecular flexibility index (Phi) is 4.32. The van der Waals surface area contributed by atoms with Crippen molar-refractivity contribution in [2.75, 3.05) is 0 Å². The summed E-state index contributed by atoms with van der Waals surface area (Å²) in [6, 6.07) is 5.56. The van der Waals surface area contributed by atoms with Crippen molar-refractivity contribution in [3.8, 4) is 5.75 Å². The second kappa shape index (κ2) is 5.83. The Labute approximate surface area is 114 Å². The van der Waals surface area contributed by atoms with Gasteiger partial charge in [0.1, 0.15) is 5.75 Å². The van der Waals surface area contributed by atoms with Crippen molar-refractivity contribution in [2.45, 2.75) is 38.1 Å². The molecule has 0 radical (unpaired) electrons. The molecule has 0 spiro atoms. The van der Waals surface area contributed by atoms with Crippen molar-refractivity contribution in [2.24, 2.45) is 11.7 Å². The zero-order valence-electron chi connectivity index (χ0n) is 10.8. The maximum absolute atomic E-state index is 12.3. The van der Waals surface area contributed by atoms with Gasteiger partial charge in [-0.2, -0.15) is 0 Å². The highest BCUT2D eigenvalue weighted by Gasteiger charge is 2.34. The maximum Gasteiger partial charge on any atom is 0.573 e. The summed E-state index contributed by atoms with van der Waals surface area (Å²) in [6.45, 7) is 0. The molecule has 0 atom stereocenters. The van der Waals surface area contributed by atoms with Crippen LogP contribution in [0.25, 0.3) is 0 Å². The van der Waals surface area contributed by atoms with Crippen molar-refractivity contribution in [1.29, 1.82) is 0 Å². The van der Waals surface area contributed by atoms with Crippen LogP contribution in [0.4, 0.5) is 13.2 Å². The molecule has 20 heavy (non-hydrogen) atoms. The monoisotopic (exact) mass is 287 g/mol. The minimum atomic E-state index is -4.80. The number of rotatable bonds is 3. The fraction of sp³-hybridized carbons (Fsp3) is 0.500. The van der Waals surface area contributed by atoms with Crippen molar-refractivity contribution in [3.63, 3.8) is 0 Å². The van der Waals surface area contributed by atoms with Gasteiger partial charge in [0.25, 0.3) is 0 Å². The van der Waals surface area contributed by atoms with Crippen LogP contribution < -0.4 is 10.5 Å². The average molecular weight is 287 g/mol. The first kappa shape index (κ1) is 14.8. The largest absolute Gasteiger partial charge is 0.573 e. The first-order valence-corrected chi connectivity index (χ1v) is 6.51. The Morgan fingerprint density at radius 2 is 1.75 bits per heavy atom. The summed E-state index contributed by atoms with van der Waals surface area (Å²) in [5.74, 6) is -0.996. The van der Waals surface area contributed by atoms with Crippen LogP contribution in [0.2, 0.25) is 0 Å². The van der Waals surface area contributed by atoms with Crippen LogP contribution in [-0.4, -0.2) is 18.2 Å². The number of Topliss-reactive ketones (excluding diaryl/α,β-unsaturated/α-hetero) is 1. The second-order valence-electron chi connectivity index (χ2n) is 5.02. The van der Waals surface area contributed by atoms with Crippen LogP contribution in [0.3, 0.4) is 0 Å². The minimum absolute atomic E-state index is 0.00898. The number of alkyl halides is 3. The Bertz CT molecular complexity index is 480. The van der Waals surface area contributed by atoms with Crippen molar-refractivity contribution in [3.05, 3.63) is 29.8 Å². The number of carbonyl (C=O) groups excluding carboxylic acids is 1. The third-order valence-corrected chi connectivity index (χ3v) is 3.52. The first-order chi connectivity index (χ1) is 9.37. The molecule has 0 amide bonds. The van der Waals surface area contributed by atoms with Crippen LogP contribution >= 0.6 is 0 Å². The fourth-order valence-corrected chi connectivity index (χ4v) is 2.49. The summed E-state index contributed by atoms with van der Waals surface area (Å²) in [6.07, 6.45) is -2.14. The fourth-order valence-electron chi connectivity index (χ4n) is 2.49. The van der Waals surface area contributed by atoms with E-state index < -0.39 is 12.1 Å². The SMILES string of the molecule is NC1CCC(C(=O)c2ccccc2OC(F)(F)F)CC1. The van der Waals surface area contributed by atoms with Crippen molar-refractivity contribution in [1.82, 2.24) is 0 Å². The number of halogens is 3. The van der Waals surface area contributed by atoms with Gasteiger partial charge in [-0.25, -0.2) is 0 Å². The zero-order chi connectivity index (χ0) is 14.8. The molecule has 1 aromatic rings. The van der Waals surface area contributed by atoms with Gasteiger partial charge in [-0.05, 0) is 37.8 Å². The lowest BCUT2D eigenvalue weighted by molar-refractivity contribution is -0.274. The highest BCUT2D eigenvalue weighted by atomic mass is 19.4. The molecule has 1 aliphatic carbocycles. The Morgan fingerprint density at radius 1 is 1.15 bits per heavy atom. The molecular formula is C14H16F3NO2. The summed E-state index contributed by atoms with van der Waals surface area (Å²) in [5.41, 5.74) is 5.76. The normalized spacial score (nSPS) is 23.4. The summed E-state index contributed by atoms with van der Waals surface area (Å²) in [4.78, 5) is 12.3. The molecule has 1 aromatic carbocycles. The second-order valence-corrected chi connectivity index (χ2v) is 5.02. The summed E-state index contributed by atoms with van der Waals surface area (Å²) in [5, 5.41) is 0. The number of ether oxygens (including phenoxy) is 1. The number of benzene rings is 1. The predicted octanol–water partition coefficient (Wildman–Crippen LogP) is 3.29. The third kappa shape index (κ3) is 3.72. The van der Waals surface area contributed by atoms with E-state index in [9.17, 15) is 18.0 Å². The van der Waals surface area contributed by atoms with E-state index in [1.54, 1.807) is 0 Å². The van der Waals surface area contributed by atoms with Crippen LogP contribution in [-0.2, 0) is 0 Å². The van der Waals surface area contributed by atoms with Gasteiger partial charge < -0.3 is 10.5 Å². The van der Waals surface area contributed by atoms with E-state index in [1.165, 1.54) is 18.2 Å². The highest BCUT2D eigenvalue weighted by Crippen LogP contribution is 2.32. The van der Waals surface area contributed by atoms with E-state index in [0.717, 1.165) is 18.9 Å². The van der Waals surface area contributed by atoms with Gasteiger partial charge in [-0.1, -0.05) is 12.1 Å². The summed E-state index contributed by atoms with van der Waals surface area (Å²) >= 11 is 0. The number of para-hydroxylation sites is 1. The molecule has 1 saturated carbocycles. The van der Waals surface area contributed by atoms with Crippen LogP contribution in [0.15, 0.2) is 24.3 Å². The van der Waals surface area contributed by atoms with E-state index in [1.807, 2.05) is 0 Å². The van der Waals surface area contributed by atoms with Crippen LogP contribution in [0.5, 0.6) is 5.75 Å². The highest BCUT2D eigenvalue weighted by molar-refractivity contribution is 6.00. The van der Waals surface area contributed by atoms with Gasteiger partial charge in [-0.15, -0.1) is 13.2 Å². The molecular weight excluding hydrogens is 271 g/mol. The minimum Gasteiger partial charge on any atom is -0.405 e. The van der Waals surface area contributed by atoms with Gasteiger partial charge >= 0.3 is 6.36 Å². The quantitative estimate of drug-likeness (QED) is 0.868. The van der Waals surface area contributed by atoms with Gasteiger partial charge in [-0.3, -0.25) is 4.79 Å². The lowest BCUT2D eigenvalue weighted by Crippen LogP contribution is -2.30. The van der Waals surface area contributed by atoms with Gasteiger partial charge in [0, 0.05) is 12.0 Å². The molecule has 0 saturated heterocycles. The molecule has 110 valence electrons. The smallest absolute Gasteiger partial charge is 0.405 e. The summed E-state index contributed by atoms with van der Waals surface area (Å²) in [7, 11) is 0. The molecule has 2 rings (SSSR count). The Hall–Kier alpha value is -1.56. The molecule has 1 fully saturated rings. The maximum atomic E-state index is 12.3. The molecule has 1 aliphatic rings. The molecule has 0 aromatic heterocycles. The molecule has 0 bridgehead atoms. The number of carbonyl (C=O) groups is 1. The van der Waals surface area contributed by atoms with Gasteiger partial charge in [0.05, 0.1) is 5.56 Å². The number of hydrogen-bond donors (Lipinski definition) is 1. The van der Waals surface area contributed by atoms with Crippen molar-refractivity contribution < 1.29 is 22.7 Å². The number of hydrogen-bond acceptors (Lipinski definition) is 3.